The van der Waals surface area contributed by atoms with E-state index in [9.17, 15) is 9.59 Å². The number of halogens is 1. The van der Waals surface area contributed by atoms with Crippen molar-refractivity contribution in [1.29, 1.82) is 0 Å². The van der Waals surface area contributed by atoms with E-state index in [-0.39, 0.29) is 30.3 Å². The Balaban J connectivity index is 0.00000196. The van der Waals surface area contributed by atoms with E-state index in [1.54, 1.807) is 6.92 Å². The molecule has 0 atom stereocenters. The second kappa shape index (κ2) is 5.98. The molecule has 5 nitrogen and oxygen atoms in total. The highest BCUT2D eigenvalue weighted by molar-refractivity contribution is 6.00. The van der Waals surface area contributed by atoms with Gasteiger partial charge in [0.2, 0.25) is 0 Å². The molecule has 0 saturated carbocycles. The highest BCUT2D eigenvalue weighted by Gasteiger charge is 2.17. The maximum atomic E-state index is 11.2. The number of aromatic carboxylic acids is 1. The lowest BCUT2D eigenvalue weighted by Crippen LogP contribution is -2.13. The molecule has 1 rings (SSSR count). The second-order valence-corrected chi connectivity index (χ2v) is 2.43. The van der Waals surface area contributed by atoms with Crippen molar-refractivity contribution in [3.05, 3.63) is 29.6 Å². The fourth-order valence-corrected chi connectivity index (χ4v) is 0.940. The van der Waals surface area contributed by atoms with Gasteiger partial charge in [0.1, 0.15) is 0 Å². The summed E-state index contributed by atoms with van der Waals surface area (Å²) in [4.78, 5) is 25.6. The van der Waals surface area contributed by atoms with Crippen molar-refractivity contribution in [1.82, 2.24) is 4.98 Å². The van der Waals surface area contributed by atoms with Crippen LogP contribution in [0.4, 0.5) is 0 Å². The van der Waals surface area contributed by atoms with Crippen LogP contribution in [0, 0.1) is 0 Å². The first-order valence-corrected chi connectivity index (χ1v) is 4.02. The van der Waals surface area contributed by atoms with Gasteiger partial charge in [0.05, 0.1) is 12.2 Å². The Labute approximate surface area is 92.5 Å². The zero-order valence-corrected chi connectivity index (χ0v) is 8.78. The van der Waals surface area contributed by atoms with Crippen molar-refractivity contribution < 1.29 is 19.4 Å². The van der Waals surface area contributed by atoms with Crippen LogP contribution in [0.15, 0.2) is 18.3 Å². The number of hydrogen-bond acceptors (Lipinski definition) is 4. The number of rotatable bonds is 3. The fourth-order valence-electron chi connectivity index (χ4n) is 0.940. The van der Waals surface area contributed by atoms with E-state index >= 15 is 0 Å². The number of carboxylic acid groups (broad SMARTS) is 1. The Morgan fingerprint density at radius 3 is 2.73 bits per heavy atom. The van der Waals surface area contributed by atoms with Crippen LogP contribution >= 0.6 is 12.4 Å². The first kappa shape index (κ1) is 13.4. The van der Waals surface area contributed by atoms with Crippen molar-refractivity contribution in [2.45, 2.75) is 6.92 Å². The number of carbonyl (C=O) groups is 2. The Morgan fingerprint density at radius 2 is 2.20 bits per heavy atom. The Bertz CT molecular complexity index is 367. The molecule has 1 heterocycles. The summed E-state index contributed by atoms with van der Waals surface area (Å²) in [5.41, 5.74) is -0.312. The smallest absolute Gasteiger partial charge is 0.357 e. The Hall–Kier alpha value is -1.62. The molecular formula is C9H10ClNO4. The number of nitrogens with zero attached hydrogens (tertiary/aromatic N) is 1. The van der Waals surface area contributed by atoms with Crippen LogP contribution in [0.2, 0.25) is 0 Å². The molecule has 1 N–H and O–H groups in total. The Morgan fingerprint density at radius 1 is 1.53 bits per heavy atom. The molecule has 15 heavy (non-hydrogen) atoms. The average Bonchev–Trinajstić information content (AvgIpc) is 2.18. The molecule has 6 heteroatoms. The number of carboxylic acids is 1. The number of pyridine rings is 1. The van der Waals surface area contributed by atoms with Crippen LogP contribution in [-0.2, 0) is 4.74 Å². The van der Waals surface area contributed by atoms with Crippen LogP contribution < -0.4 is 0 Å². The molecule has 0 spiro atoms. The van der Waals surface area contributed by atoms with Gasteiger partial charge in [-0.3, -0.25) is 0 Å². The number of esters is 1. The maximum Gasteiger partial charge on any atom is 0.357 e. The molecular weight excluding hydrogens is 222 g/mol. The Kier molecular flexibility index (Phi) is 5.33. The van der Waals surface area contributed by atoms with E-state index in [0.717, 1.165) is 0 Å². The van der Waals surface area contributed by atoms with Gasteiger partial charge in [0.15, 0.2) is 5.69 Å². The molecule has 0 saturated heterocycles. The highest BCUT2D eigenvalue weighted by atomic mass is 35.5. The van der Waals surface area contributed by atoms with E-state index < -0.39 is 11.9 Å². The normalized spacial score (nSPS) is 8.87. The molecule has 0 bridgehead atoms. The summed E-state index contributed by atoms with van der Waals surface area (Å²) < 4.78 is 4.65. The van der Waals surface area contributed by atoms with Crippen molar-refractivity contribution in [3.8, 4) is 0 Å². The molecule has 0 fully saturated rings. The molecule has 1 aromatic rings. The summed E-state index contributed by atoms with van der Waals surface area (Å²) >= 11 is 0. The van der Waals surface area contributed by atoms with Gasteiger partial charge in [-0.05, 0) is 19.1 Å². The SMILES string of the molecule is CCOC(=O)c1ncccc1C(=O)O.Cl. The third-order valence-electron chi connectivity index (χ3n) is 1.51. The molecule has 0 aromatic carbocycles. The fraction of sp³-hybridized carbons (Fsp3) is 0.222. The largest absolute Gasteiger partial charge is 0.478 e. The van der Waals surface area contributed by atoms with E-state index in [2.05, 4.69) is 9.72 Å². The first-order valence-electron chi connectivity index (χ1n) is 4.02. The molecule has 0 aliphatic carbocycles. The molecule has 0 aliphatic rings. The monoisotopic (exact) mass is 231 g/mol. The summed E-state index contributed by atoms with van der Waals surface area (Å²) in [6, 6.07) is 2.76. The van der Waals surface area contributed by atoms with Gasteiger partial charge in [0, 0.05) is 6.20 Å². The molecule has 0 amide bonds. The van der Waals surface area contributed by atoms with E-state index in [4.69, 9.17) is 5.11 Å². The van der Waals surface area contributed by atoms with Gasteiger partial charge >= 0.3 is 11.9 Å². The number of aromatic nitrogens is 1. The van der Waals surface area contributed by atoms with Crippen LogP contribution in [0.25, 0.3) is 0 Å². The summed E-state index contributed by atoms with van der Waals surface area (Å²) in [5, 5.41) is 8.73. The van der Waals surface area contributed by atoms with E-state index in [1.165, 1.54) is 18.3 Å². The number of carbonyl (C=O) groups excluding carboxylic acids is 1. The second-order valence-electron chi connectivity index (χ2n) is 2.43. The number of hydrogen-bond donors (Lipinski definition) is 1. The third-order valence-corrected chi connectivity index (χ3v) is 1.51. The lowest BCUT2D eigenvalue weighted by Gasteiger charge is -2.03. The van der Waals surface area contributed by atoms with Crippen LogP contribution in [-0.4, -0.2) is 28.6 Å². The van der Waals surface area contributed by atoms with Gasteiger partial charge in [-0.25, -0.2) is 14.6 Å². The first-order chi connectivity index (χ1) is 6.66. The predicted molar refractivity (Wildman–Crippen MR) is 54.4 cm³/mol. The quantitative estimate of drug-likeness (QED) is 0.796. The maximum absolute atomic E-state index is 11.2. The van der Waals surface area contributed by atoms with Crippen molar-refractivity contribution in [2.75, 3.05) is 6.61 Å². The molecule has 0 aliphatic heterocycles. The van der Waals surface area contributed by atoms with Gasteiger partial charge in [0.25, 0.3) is 0 Å². The van der Waals surface area contributed by atoms with Gasteiger partial charge in [-0.15, -0.1) is 12.4 Å². The lowest BCUT2D eigenvalue weighted by atomic mass is 10.2. The van der Waals surface area contributed by atoms with Gasteiger partial charge in [-0.1, -0.05) is 0 Å². The summed E-state index contributed by atoms with van der Waals surface area (Å²) in [7, 11) is 0. The average molecular weight is 232 g/mol. The summed E-state index contributed by atoms with van der Waals surface area (Å²) in [6.07, 6.45) is 1.35. The minimum atomic E-state index is -1.19. The molecule has 0 radical (unpaired) electrons. The van der Waals surface area contributed by atoms with Crippen LogP contribution in [0.3, 0.4) is 0 Å². The van der Waals surface area contributed by atoms with Crippen molar-refractivity contribution in [3.63, 3.8) is 0 Å². The van der Waals surface area contributed by atoms with E-state index in [1.807, 2.05) is 0 Å². The van der Waals surface area contributed by atoms with Gasteiger partial charge < -0.3 is 9.84 Å². The minimum Gasteiger partial charge on any atom is -0.478 e. The zero-order valence-electron chi connectivity index (χ0n) is 7.97. The van der Waals surface area contributed by atoms with Crippen molar-refractivity contribution >= 4 is 24.3 Å². The van der Waals surface area contributed by atoms with E-state index in [0.29, 0.717) is 0 Å². The summed E-state index contributed by atoms with van der Waals surface area (Å²) in [5.74, 6) is -1.91. The van der Waals surface area contributed by atoms with Gasteiger partial charge in [-0.2, -0.15) is 0 Å². The molecule has 82 valence electrons. The minimum absolute atomic E-state index is 0. The van der Waals surface area contributed by atoms with Crippen LogP contribution in [0.1, 0.15) is 27.8 Å². The topological polar surface area (TPSA) is 76.5 Å². The highest BCUT2D eigenvalue weighted by Crippen LogP contribution is 2.06. The predicted octanol–water partition coefficient (Wildman–Crippen LogP) is 1.38. The zero-order chi connectivity index (χ0) is 10.6. The number of ether oxygens (including phenoxy) is 1. The molecule has 0 unspecified atom stereocenters. The van der Waals surface area contributed by atoms with Crippen LogP contribution in [0.5, 0.6) is 0 Å². The standard InChI is InChI=1S/C9H9NO4.ClH/c1-2-14-9(13)7-6(8(11)12)4-3-5-10-7;/h3-5H,2H2,1H3,(H,11,12);1H. The third kappa shape index (κ3) is 3.21. The lowest BCUT2D eigenvalue weighted by molar-refractivity contribution is 0.0507. The summed E-state index contributed by atoms with van der Waals surface area (Å²) in [6.45, 7) is 1.83. The molecule has 1 aromatic heterocycles. The van der Waals surface area contributed by atoms with Crippen molar-refractivity contribution in [2.24, 2.45) is 0 Å².